The monoisotopic (exact) mass is 507 g/mol. The fourth-order valence-electron chi connectivity index (χ4n) is 4.07. The summed E-state index contributed by atoms with van der Waals surface area (Å²) in [6.45, 7) is 6.57. The lowest BCUT2D eigenvalue weighted by atomic mass is 9.77. The normalized spacial score (nSPS) is 14.1. The van der Waals surface area contributed by atoms with Crippen molar-refractivity contribution in [1.29, 1.82) is 0 Å². The van der Waals surface area contributed by atoms with Crippen molar-refractivity contribution in [3.05, 3.63) is 58.9 Å². The summed E-state index contributed by atoms with van der Waals surface area (Å²) < 4.78 is 19.6. The number of aliphatic hydroxyl groups excluding tert-OH is 1. The molecule has 192 valence electrons. The van der Waals surface area contributed by atoms with Crippen LogP contribution < -0.4 is 5.32 Å². The number of aliphatic carboxylic acids is 1. The number of alkyl carbamates (subject to hydrolysis) is 1. The Bertz CT molecular complexity index is 1010. The summed E-state index contributed by atoms with van der Waals surface area (Å²) in [7, 11) is 0. The van der Waals surface area contributed by atoms with Crippen LogP contribution in [0.25, 0.3) is 11.1 Å². The quantitative estimate of drug-likeness (QED) is 0.335. The van der Waals surface area contributed by atoms with Crippen molar-refractivity contribution < 1.29 is 28.9 Å². The van der Waals surface area contributed by atoms with Gasteiger partial charge in [0.1, 0.15) is 11.4 Å². The molecule has 0 fully saturated rings. The predicted molar refractivity (Wildman–Crippen MR) is 135 cm³/mol. The van der Waals surface area contributed by atoms with Crippen molar-refractivity contribution in [3.63, 3.8) is 0 Å². The van der Waals surface area contributed by atoms with Crippen LogP contribution in [0, 0.1) is 11.2 Å². The summed E-state index contributed by atoms with van der Waals surface area (Å²) in [6.07, 6.45) is 1.26. The Morgan fingerprint density at radius 3 is 2.34 bits per heavy atom. The number of carbonyl (C=O) groups excluding carboxylic acids is 1. The first-order valence-electron chi connectivity index (χ1n) is 11.8. The minimum Gasteiger partial charge on any atom is -0.481 e. The summed E-state index contributed by atoms with van der Waals surface area (Å²) in [5.41, 5.74) is -0.0348. The molecule has 0 aliphatic heterocycles. The number of halogens is 2. The van der Waals surface area contributed by atoms with E-state index >= 15 is 0 Å². The molecular weight excluding hydrogens is 473 g/mol. The van der Waals surface area contributed by atoms with E-state index in [1.54, 1.807) is 39.0 Å². The van der Waals surface area contributed by atoms with Gasteiger partial charge in [0, 0.05) is 16.6 Å². The second kappa shape index (κ2) is 12.4. The molecule has 0 spiro atoms. The lowest BCUT2D eigenvalue weighted by Crippen LogP contribution is -2.46. The molecule has 0 radical (unpaired) electrons. The van der Waals surface area contributed by atoms with Gasteiger partial charge in [-0.2, -0.15) is 0 Å². The van der Waals surface area contributed by atoms with Crippen molar-refractivity contribution in [3.8, 4) is 11.1 Å². The fraction of sp³-hybridized carbons (Fsp3) is 0.481. The van der Waals surface area contributed by atoms with E-state index in [2.05, 4.69) is 5.32 Å². The van der Waals surface area contributed by atoms with Crippen molar-refractivity contribution >= 4 is 23.7 Å². The van der Waals surface area contributed by atoms with E-state index in [9.17, 15) is 24.2 Å². The van der Waals surface area contributed by atoms with Gasteiger partial charge in [-0.25, -0.2) is 9.18 Å². The highest BCUT2D eigenvalue weighted by molar-refractivity contribution is 6.30. The van der Waals surface area contributed by atoms with E-state index in [0.717, 1.165) is 5.56 Å². The molecule has 0 bridgehead atoms. The Morgan fingerprint density at radius 1 is 1.14 bits per heavy atom. The van der Waals surface area contributed by atoms with Crippen LogP contribution in [0.4, 0.5) is 9.18 Å². The highest BCUT2D eigenvalue weighted by atomic mass is 35.5. The van der Waals surface area contributed by atoms with E-state index in [1.165, 1.54) is 12.1 Å². The number of rotatable bonds is 11. The van der Waals surface area contributed by atoms with E-state index in [0.29, 0.717) is 35.4 Å². The highest BCUT2D eigenvalue weighted by Crippen LogP contribution is 2.32. The van der Waals surface area contributed by atoms with E-state index < -0.39 is 35.7 Å². The van der Waals surface area contributed by atoms with Crippen molar-refractivity contribution in [2.24, 2.45) is 5.41 Å². The summed E-state index contributed by atoms with van der Waals surface area (Å²) >= 11 is 6.00. The molecule has 6 nitrogen and oxygen atoms in total. The van der Waals surface area contributed by atoms with Crippen LogP contribution >= 0.6 is 11.6 Å². The number of benzene rings is 2. The van der Waals surface area contributed by atoms with Crippen LogP contribution in [0.1, 0.15) is 58.9 Å². The van der Waals surface area contributed by atoms with Gasteiger partial charge in [-0.05, 0) is 75.8 Å². The van der Waals surface area contributed by atoms with Gasteiger partial charge in [0.05, 0.1) is 12.0 Å². The SMILES string of the molecule is CCCC(CO)(C[C@@H](CCc1ccc(-c2cc(Cl)ccc2F)cc1)NC(=O)OC(C)(C)C)C(=O)O. The van der Waals surface area contributed by atoms with Crippen LogP contribution in [0.3, 0.4) is 0 Å². The third kappa shape index (κ3) is 8.51. The van der Waals surface area contributed by atoms with Crippen molar-refractivity contribution in [2.75, 3.05) is 6.61 Å². The maximum atomic E-state index is 14.2. The number of carboxylic acid groups (broad SMARTS) is 1. The molecule has 3 N–H and O–H groups in total. The zero-order valence-corrected chi connectivity index (χ0v) is 21.5. The number of aryl methyl sites for hydroxylation is 1. The zero-order valence-electron chi connectivity index (χ0n) is 20.7. The Kier molecular flexibility index (Phi) is 10.1. The average Bonchev–Trinajstić information content (AvgIpc) is 2.77. The van der Waals surface area contributed by atoms with Crippen LogP contribution in [0.5, 0.6) is 0 Å². The standard InChI is InChI=1S/C27H35ClFNO5/c1-5-14-27(17-31,24(32)33)16-21(30-25(34)35-26(2,3)4)12-8-18-6-9-19(10-7-18)22-15-20(28)11-13-23(22)29/h6-7,9-11,13,15,21,31H,5,8,12,14,16-17H2,1-4H3,(H,30,34)(H,32,33)/t21-,27?/m1/s1. The molecule has 0 saturated heterocycles. The van der Waals surface area contributed by atoms with E-state index in [1.807, 2.05) is 19.1 Å². The molecule has 0 aliphatic carbocycles. The molecule has 2 atom stereocenters. The van der Waals surface area contributed by atoms with Crippen molar-refractivity contribution in [1.82, 2.24) is 5.32 Å². The number of ether oxygens (including phenoxy) is 1. The molecule has 2 rings (SSSR count). The largest absolute Gasteiger partial charge is 0.481 e. The molecule has 0 heterocycles. The number of amides is 1. The lowest BCUT2D eigenvalue weighted by Gasteiger charge is -2.32. The zero-order chi connectivity index (χ0) is 26.2. The second-order valence-corrected chi connectivity index (χ2v) is 10.3. The molecule has 1 unspecified atom stereocenters. The van der Waals surface area contributed by atoms with Crippen LogP contribution in [-0.4, -0.2) is 40.5 Å². The predicted octanol–water partition coefficient (Wildman–Crippen LogP) is 6.23. The maximum absolute atomic E-state index is 14.2. The Hall–Kier alpha value is -2.64. The number of aliphatic hydroxyl groups is 1. The van der Waals surface area contributed by atoms with Crippen LogP contribution in [0.2, 0.25) is 5.02 Å². The van der Waals surface area contributed by atoms with Crippen molar-refractivity contribution in [2.45, 2.75) is 71.4 Å². The Balaban J connectivity index is 2.20. The number of hydrogen-bond acceptors (Lipinski definition) is 4. The van der Waals surface area contributed by atoms with Gasteiger partial charge < -0.3 is 20.3 Å². The third-order valence-corrected chi connectivity index (χ3v) is 6.05. The fourth-order valence-corrected chi connectivity index (χ4v) is 4.24. The highest BCUT2D eigenvalue weighted by Gasteiger charge is 2.40. The van der Waals surface area contributed by atoms with Gasteiger partial charge in [0.25, 0.3) is 0 Å². The van der Waals surface area contributed by atoms with E-state index in [4.69, 9.17) is 16.3 Å². The number of nitrogens with one attached hydrogen (secondary N) is 1. The van der Waals surface area contributed by atoms with Crippen LogP contribution in [0.15, 0.2) is 42.5 Å². The lowest BCUT2D eigenvalue weighted by molar-refractivity contribution is -0.153. The van der Waals surface area contributed by atoms with Gasteiger partial charge >= 0.3 is 12.1 Å². The first-order valence-corrected chi connectivity index (χ1v) is 12.1. The first-order chi connectivity index (χ1) is 16.4. The first kappa shape index (κ1) is 28.6. The summed E-state index contributed by atoms with van der Waals surface area (Å²) in [5, 5.41) is 23.0. The molecule has 2 aromatic carbocycles. The molecule has 0 aliphatic rings. The maximum Gasteiger partial charge on any atom is 0.407 e. The summed E-state index contributed by atoms with van der Waals surface area (Å²) in [6, 6.07) is 11.2. The van der Waals surface area contributed by atoms with Gasteiger partial charge in [0.2, 0.25) is 0 Å². The van der Waals surface area contributed by atoms with Gasteiger partial charge in [-0.15, -0.1) is 0 Å². The summed E-state index contributed by atoms with van der Waals surface area (Å²) in [5.74, 6) is -1.46. The molecular formula is C27H35ClFNO5. The van der Waals surface area contributed by atoms with Gasteiger partial charge in [-0.1, -0.05) is 49.2 Å². The molecule has 0 aromatic heterocycles. The average molecular weight is 508 g/mol. The van der Waals surface area contributed by atoms with Gasteiger partial charge in [0.15, 0.2) is 0 Å². The number of hydrogen-bond donors (Lipinski definition) is 3. The molecule has 1 amide bonds. The molecule has 0 saturated carbocycles. The Morgan fingerprint density at radius 2 is 1.80 bits per heavy atom. The van der Waals surface area contributed by atoms with Gasteiger partial charge in [-0.3, -0.25) is 4.79 Å². The van der Waals surface area contributed by atoms with E-state index in [-0.39, 0.29) is 18.7 Å². The van der Waals surface area contributed by atoms with Crippen LogP contribution in [-0.2, 0) is 16.0 Å². The minimum atomic E-state index is -1.36. The molecule has 8 heteroatoms. The third-order valence-electron chi connectivity index (χ3n) is 5.82. The minimum absolute atomic E-state index is 0.0672. The topological polar surface area (TPSA) is 95.9 Å². The molecule has 2 aromatic rings. The number of carboxylic acids is 1. The summed E-state index contributed by atoms with van der Waals surface area (Å²) in [4.78, 5) is 24.5. The second-order valence-electron chi connectivity index (χ2n) is 9.90. The molecule has 35 heavy (non-hydrogen) atoms. The smallest absolute Gasteiger partial charge is 0.407 e. The number of carbonyl (C=O) groups is 2. The Labute approximate surface area is 211 Å².